The first kappa shape index (κ1) is 14.2. The molecule has 1 aromatic heterocycles. The van der Waals surface area contributed by atoms with Crippen molar-refractivity contribution in [1.82, 2.24) is 14.8 Å². The van der Waals surface area contributed by atoms with Crippen molar-refractivity contribution in [3.8, 4) is 5.69 Å². The van der Waals surface area contributed by atoms with Crippen molar-refractivity contribution in [1.29, 1.82) is 0 Å². The van der Waals surface area contributed by atoms with E-state index in [2.05, 4.69) is 22.4 Å². The van der Waals surface area contributed by atoms with Gasteiger partial charge >= 0.3 is 0 Å². The van der Waals surface area contributed by atoms with Crippen molar-refractivity contribution < 1.29 is 4.79 Å². The summed E-state index contributed by atoms with van der Waals surface area (Å²) in [5.74, 6) is -0.153. The molecule has 0 saturated heterocycles. The number of hydrogen-bond donors (Lipinski definition) is 2. The lowest BCUT2D eigenvalue weighted by Crippen LogP contribution is -2.35. The fourth-order valence-corrected chi connectivity index (χ4v) is 1.87. The smallest absolute Gasteiger partial charge is 0.241 e. The highest BCUT2D eigenvalue weighted by Gasteiger charge is 2.12. The van der Waals surface area contributed by atoms with Crippen molar-refractivity contribution in [2.45, 2.75) is 32.2 Å². The molecule has 0 aliphatic heterocycles. The van der Waals surface area contributed by atoms with Crippen LogP contribution in [0.1, 0.15) is 26.2 Å². The molecular formula is C14H19N5O. The van der Waals surface area contributed by atoms with Crippen LogP contribution in [0.3, 0.4) is 0 Å². The number of nitrogens with two attached hydrogens (primary N) is 1. The third-order valence-corrected chi connectivity index (χ3v) is 3.04. The molecule has 3 N–H and O–H groups in total. The van der Waals surface area contributed by atoms with Gasteiger partial charge < -0.3 is 11.1 Å². The molecule has 0 radical (unpaired) electrons. The largest absolute Gasteiger partial charge is 0.325 e. The van der Waals surface area contributed by atoms with E-state index < -0.39 is 6.04 Å². The monoisotopic (exact) mass is 273 g/mol. The zero-order chi connectivity index (χ0) is 14.4. The highest BCUT2D eigenvalue weighted by molar-refractivity contribution is 5.94. The van der Waals surface area contributed by atoms with Crippen molar-refractivity contribution in [2.75, 3.05) is 5.32 Å². The van der Waals surface area contributed by atoms with E-state index in [1.165, 1.54) is 0 Å². The Bertz CT molecular complexity index is 552. The first-order valence-corrected chi connectivity index (χ1v) is 6.72. The Morgan fingerprint density at radius 2 is 2.15 bits per heavy atom. The lowest BCUT2D eigenvalue weighted by atomic mass is 10.1. The number of nitrogens with zero attached hydrogens (tertiary/aromatic N) is 3. The van der Waals surface area contributed by atoms with Crippen molar-refractivity contribution >= 4 is 11.6 Å². The van der Waals surface area contributed by atoms with E-state index in [0.717, 1.165) is 18.5 Å². The zero-order valence-corrected chi connectivity index (χ0v) is 11.5. The molecule has 0 aliphatic carbocycles. The van der Waals surface area contributed by atoms with E-state index in [0.29, 0.717) is 12.1 Å². The first-order valence-electron chi connectivity index (χ1n) is 6.72. The summed E-state index contributed by atoms with van der Waals surface area (Å²) in [6.07, 6.45) is 5.90. The Morgan fingerprint density at radius 1 is 1.40 bits per heavy atom. The normalized spacial score (nSPS) is 12.1. The zero-order valence-electron chi connectivity index (χ0n) is 11.5. The molecule has 6 nitrogen and oxygen atoms in total. The molecule has 1 heterocycles. The molecule has 0 spiro atoms. The van der Waals surface area contributed by atoms with Gasteiger partial charge in [-0.15, -0.1) is 10.2 Å². The van der Waals surface area contributed by atoms with Crippen LogP contribution in [0.15, 0.2) is 36.9 Å². The minimum absolute atomic E-state index is 0.153. The van der Waals surface area contributed by atoms with E-state index in [4.69, 9.17) is 5.73 Å². The summed E-state index contributed by atoms with van der Waals surface area (Å²) in [6, 6.07) is 7.00. The molecule has 0 saturated carbocycles. The van der Waals surface area contributed by atoms with E-state index >= 15 is 0 Å². The number of aromatic nitrogens is 3. The molecule has 20 heavy (non-hydrogen) atoms. The number of nitrogens with one attached hydrogen (secondary N) is 1. The topological polar surface area (TPSA) is 85.8 Å². The predicted octanol–water partition coefficient (Wildman–Crippen LogP) is 1.72. The third kappa shape index (κ3) is 3.64. The number of carbonyl (C=O) groups excluding carboxylic acids is 1. The summed E-state index contributed by atoms with van der Waals surface area (Å²) >= 11 is 0. The van der Waals surface area contributed by atoms with Gasteiger partial charge in [-0.1, -0.05) is 25.8 Å². The molecule has 1 atom stereocenters. The average Bonchev–Trinajstić information content (AvgIpc) is 2.99. The summed E-state index contributed by atoms with van der Waals surface area (Å²) in [5.41, 5.74) is 7.45. The minimum Gasteiger partial charge on any atom is -0.325 e. The van der Waals surface area contributed by atoms with Gasteiger partial charge in [0.25, 0.3) is 0 Å². The maximum absolute atomic E-state index is 11.9. The van der Waals surface area contributed by atoms with Gasteiger partial charge in [0.1, 0.15) is 12.7 Å². The molecule has 2 rings (SSSR count). The number of hydrogen-bond acceptors (Lipinski definition) is 4. The van der Waals surface area contributed by atoms with Crippen LogP contribution in [0.4, 0.5) is 5.69 Å². The second kappa shape index (κ2) is 6.81. The van der Waals surface area contributed by atoms with Crippen LogP contribution >= 0.6 is 0 Å². The maximum Gasteiger partial charge on any atom is 0.241 e. The molecule has 0 fully saturated rings. The van der Waals surface area contributed by atoms with Crippen LogP contribution in [-0.4, -0.2) is 26.7 Å². The summed E-state index contributed by atoms with van der Waals surface area (Å²) in [6.45, 7) is 2.08. The van der Waals surface area contributed by atoms with Crippen LogP contribution in [0.2, 0.25) is 0 Å². The van der Waals surface area contributed by atoms with Crippen LogP contribution < -0.4 is 11.1 Å². The quantitative estimate of drug-likeness (QED) is 0.839. The standard InChI is InChI=1S/C14H19N5O/c1-2-3-7-13(15)14(20)18-11-5-4-6-12(8-11)19-9-16-17-10-19/h4-6,8-10,13H,2-3,7,15H2,1H3,(H,18,20)/t13-/m0/s1. The van der Waals surface area contributed by atoms with Gasteiger partial charge in [-0.25, -0.2) is 0 Å². The lowest BCUT2D eigenvalue weighted by Gasteiger charge is -2.12. The molecular weight excluding hydrogens is 254 g/mol. The van der Waals surface area contributed by atoms with Crippen LogP contribution in [0.5, 0.6) is 0 Å². The van der Waals surface area contributed by atoms with Crippen LogP contribution in [-0.2, 0) is 4.79 Å². The molecule has 106 valence electrons. The van der Waals surface area contributed by atoms with Crippen molar-refractivity contribution in [2.24, 2.45) is 5.73 Å². The SMILES string of the molecule is CCCC[C@H](N)C(=O)Nc1cccc(-n2cnnc2)c1. The number of anilines is 1. The second-order valence-corrected chi connectivity index (χ2v) is 4.66. The maximum atomic E-state index is 11.9. The number of rotatable bonds is 6. The number of carbonyl (C=O) groups is 1. The number of unbranched alkanes of at least 4 members (excludes halogenated alkanes) is 1. The second-order valence-electron chi connectivity index (χ2n) is 4.66. The molecule has 0 bridgehead atoms. The number of benzene rings is 1. The van der Waals surface area contributed by atoms with Crippen LogP contribution in [0, 0.1) is 0 Å². The Kier molecular flexibility index (Phi) is 4.84. The third-order valence-electron chi connectivity index (χ3n) is 3.04. The van der Waals surface area contributed by atoms with Gasteiger partial charge in [0.05, 0.1) is 11.7 Å². The average molecular weight is 273 g/mol. The van der Waals surface area contributed by atoms with Crippen molar-refractivity contribution in [3.05, 3.63) is 36.9 Å². The summed E-state index contributed by atoms with van der Waals surface area (Å²) < 4.78 is 1.77. The van der Waals surface area contributed by atoms with Gasteiger partial charge in [0, 0.05) is 5.69 Å². The van der Waals surface area contributed by atoms with Gasteiger partial charge in [0.15, 0.2) is 0 Å². The van der Waals surface area contributed by atoms with Gasteiger partial charge in [-0.3, -0.25) is 9.36 Å². The van der Waals surface area contributed by atoms with Crippen molar-refractivity contribution in [3.63, 3.8) is 0 Å². The van der Waals surface area contributed by atoms with E-state index in [1.807, 2.05) is 24.3 Å². The Balaban J connectivity index is 2.03. The Labute approximate surface area is 118 Å². The molecule has 2 aromatic rings. The minimum atomic E-state index is -0.464. The first-order chi connectivity index (χ1) is 9.70. The lowest BCUT2D eigenvalue weighted by molar-refractivity contribution is -0.117. The summed E-state index contributed by atoms with van der Waals surface area (Å²) in [4.78, 5) is 11.9. The Morgan fingerprint density at radius 3 is 2.85 bits per heavy atom. The fraction of sp³-hybridized carbons (Fsp3) is 0.357. The summed E-state index contributed by atoms with van der Waals surface area (Å²) in [5, 5.41) is 10.3. The molecule has 0 aliphatic rings. The van der Waals surface area contributed by atoms with Gasteiger partial charge in [0.2, 0.25) is 5.91 Å². The van der Waals surface area contributed by atoms with Crippen LogP contribution in [0.25, 0.3) is 5.69 Å². The van der Waals surface area contributed by atoms with E-state index in [1.54, 1.807) is 17.2 Å². The van der Waals surface area contributed by atoms with E-state index in [-0.39, 0.29) is 5.91 Å². The van der Waals surface area contributed by atoms with Gasteiger partial charge in [-0.2, -0.15) is 0 Å². The highest BCUT2D eigenvalue weighted by atomic mass is 16.2. The van der Waals surface area contributed by atoms with E-state index in [9.17, 15) is 4.79 Å². The molecule has 1 aromatic carbocycles. The molecule has 6 heteroatoms. The molecule has 0 unspecified atom stereocenters. The summed E-state index contributed by atoms with van der Waals surface area (Å²) in [7, 11) is 0. The number of amides is 1. The fourth-order valence-electron chi connectivity index (χ4n) is 1.87. The predicted molar refractivity (Wildman–Crippen MR) is 77.5 cm³/mol. The Hall–Kier alpha value is -2.21. The van der Waals surface area contributed by atoms with Gasteiger partial charge in [-0.05, 0) is 24.6 Å². The molecule has 1 amide bonds. The highest BCUT2D eigenvalue weighted by Crippen LogP contribution is 2.14.